The van der Waals surface area contributed by atoms with Crippen molar-refractivity contribution in [3.05, 3.63) is 12.2 Å². The van der Waals surface area contributed by atoms with Gasteiger partial charge in [0.15, 0.2) is 0 Å². The van der Waals surface area contributed by atoms with E-state index in [0.29, 0.717) is 11.8 Å². The minimum Gasteiger partial charge on any atom is -0.333 e. The van der Waals surface area contributed by atoms with Crippen molar-refractivity contribution < 1.29 is 4.79 Å². The summed E-state index contributed by atoms with van der Waals surface area (Å²) in [5.41, 5.74) is 0. The second-order valence-corrected chi connectivity index (χ2v) is 4.74. The molecule has 0 saturated carbocycles. The number of nitrogens with zero attached hydrogens (tertiary/aromatic N) is 1. The Morgan fingerprint density at radius 3 is 3.15 bits per heavy atom. The SMILES string of the molecule is O=C(CC1C=CCC1)N1CCSC1. The van der Waals surface area contributed by atoms with Crippen LogP contribution in [0.15, 0.2) is 12.2 Å². The molecule has 0 aromatic carbocycles. The monoisotopic (exact) mass is 197 g/mol. The van der Waals surface area contributed by atoms with Crippen LogP contribution in [0.5, 0.6) is 0 Å². The highest BCUT2D eigenvalue weighted by molar-refractivity contribution is 7.99. The lowest BCUT2D eigenvalue weighted by Gasteiger charge is -2.16. The third-order valence-electron chi connectivity index (χ3n) is 2.65. The Kier molecular flexibility index (Phi) is 2.94. The molecule has 1 amide bonds. The van der Waals surface area contributed by atoms with Crippen LogP contribution in [0, 0.1) is 5.92 Å². The normalized spacial score (nSPS) is 27.1. The molecule has 2 aliphatic rings. The second-order valence-electron chi connectivity index (χ2n) is 3.66. The number of carbonyl (C=O) groups is 1. The van der Waals surface area contributed by atoms with E-state index in [0.717, 1.165) is 31.0 Å². The average molecular weight is 197 g/mol. The van der Waals surface area contributed by atoms with Crippen LogP contribution < -0.4 is 0 Å². The fourth-order valence-electron chi connectivity index (χ4n) is 1.83. The highest BCUT2D eigenvalue weighted by Gasteiger charge is 2.21. The number of rotatable bonds is 2. The van der Waals surface area contributed by atoms with E-state index in [2.05, 4.69) is 12.2 Å². The van der Waals surface area contributed by atoms with Crippen LogP contribution in [0.1, 0.15) is 19.3 Å². The van der Waals surface area contributed by atoms with Crippen LogP contribution in [-0.4, -0.2) is 29.0 Å². The Hall–Kier alpha value is -0.440. The Morgan fingerprint density at radius 2 is 2.54 bits per heavy atom. The molecule has 13 heavy (non-hydrogen) atoms. The van der Waals surface area contributed by atoms with Crippen LogP contribution >= 0.6 is 11.8 Å². The van der Waals surface area contributed by atoms with Crippen LogP contribution in [0.4, 0.5) is 0 Å². The molecule has 1 heterocycles. The average Bonchev–Trinajstić information content (AvgIpc) is 2.74. The van der Waals surface area contributed by atoms with E-state index < -0.39 is 0 Å². The number of thioether (sulfide) groups is 1. The minimum absolute atomic E-state index is 0.349. The van der Waals surface area contributed by atoms with E-state index in [1.54, 1.807) is 0 Å². The lowest BCUT2D eigenvalue weighted by molar-refractivity contribution is -0.130. The van der Waals surface area contributed by atoms with E-state index in [1.165, 1.54) is 6.42 Å². The highest BCUT2D eigenvalue weighted by atomic mass is 32.2. The molecule has 0 spiro atoms. The molecular weight excluding hydrogens is 182 g/mol. The number of amides is 1. The van der Waals surface area contributed by atoms with Crippen LogP contribution in [0.2, 0.25) is 0 Å². The first-order chi connectivity index (χ1) is 6.36. The molecule has 0 radical (unpaired) electrons. The lowest BCUT2D eigenvalue weighted by Crippen LogP contribution is -2.28. The third-order valence-corrected chi connectivity index (χ3v) is 3.62. The maximum atomic E-state index is 11.7. The van der Waals surface area contributed by atoms with Crippen LogP contribution in [0.25, 0.3) is 0 Å². The Morgan fingerprint density at radius 1 is 1.62 bits per heavy atom. The van der Waals surface area contributed by atoms with E-state index in [4.69, 9.17) is 0 Å². The molecule has 1 aliphatic carbocycles. The van der Waals surface area contributed by atoms with Gasteiger partial charge >= 0.3 is 0 Å². The lowest BCUT2D eigenvalue weighted by atomic mass is 10.0. The van der Waals surface area contributed by atoms with Crippen molar-refractivity contribution in [2.24, 2.45) is 5.92 Å². The van der Waals surface area contributed by atoms with Gasteiger partial charge in [-0.25, -0.2) is 0 Å². The summed E-state index contributed by atoms with van der Waals surface area (Å²) < 4.78 is 0. The zero-order valence-electron chi connectivity index (χ0n) is 7.74. The summed E-state index contributed by atoms with van der Waals surface area (Å²) in [7, 11) is 0. The zero-order chi connectivity index (χ0) is 9.10. The predicted molar refractivity (Wildman–Crippen MR) is 55.5 cm³/mol. The fraction of sp³-hybridized carbons (Fsp3) is 0.700. The first-order valence-corrected chi connectivity index (χ1v) is 6.04. The van der Waals surface area contributed by atoms with Gasteiger partial charge in [0.2, 0.25) is 5.91 Å². The Labute approximate surface area is 83.4 Å². The summed E-state index contributed by atoms with van der Waals surface area (Å²) >= 11 is 1.86. The molecule has 72 valence electrons. The first-order valence-electron chi connectivity index (χ1n) is 4.88. The molecule has 1 atom stereocenters. The highest BCUT2D eigenvalue weighted by Crippen LogP contribution is 2.23. The molecule has 0 aromatic heterocycles. The van der Waals surface area contributed by atoms with Gasteiger partial charge in [-0.15, -0.1) is 11.8 Å². The second kappa shape index (κ2) is 4.18. The van der Waals surface area contributed by atoms with Gasteiger partial charge in [0, 0.05) is 18.7 Å². The van der Waals surface area contributed by atoms with Gasteiger partial charge in [0.25, 0.3) is 0 Å². The van der Waals surface area contributed by atoms with E-state index in [9.17, 15) is 4.79 Å². The smallest absolute Gasteiger partial charge is 0.223 e. The van der Waals surface area contributed by atoms with Gasteiger partial charge in [-0.05, 0) is 18.8 Å². The summed E-state index contributed by atoms with van der Waals surface area (Å²) in [6.07, 6.45) is 7.45. The zero-order valence-corrected chi connectivity index (χ0v) is 8.55. The van der Waals surface area contributed by atoms with Crippen molar-refractivity contribution in [3.8, 4) is 0 Å². The predicted octanol–water partition coefficient (Wildman–Crippen LogP) is 1.88. The van der Waals surface area contributed by atoms with Gasteiger partial charge in [-0.2, -0.15) is 0 Å². The van der Waals surface area contributed by atoms with Gasteiger partial charge in [0.05, 0.1) is 5.88 Å². The Bertz CT molecular complexity index is 221. The standard InChI is InChI=1S/C10H15NOS/c12-10(11-5-6-13-8-11)7-9-3-1-2-4-9/h1,3,9H,2,4-8H2. The summed E-state index contributed by atoms with van der Waals surface area (Å²) in [4.78, 5) is 13.7. The van der Waals surface area contributed by atoms with E-state index in [-0.39, 0.29) is 0 Å². The molecular formula is C10H15NOS. The van der Waals surface area contributed by atoms with Crippen molar-refractivity contribution in [1.82, 2.24) is 4.90 Å². The fourth-order valence-corrected chi connectivity index (χ4v) is 2.80. The molecule has 0 bridgehead atoms. The molecule has 0 N–H and O–H groups in total. The maximum absolute atomic E-state index is 11.7. The topological polar surface area (TPSA) is 20.3 Å². The van der Waals surface area contributed by atoms with E-state index in [1.807, 2.05) is 16.7 Å². The largest absolute Gasteiger partial charge is 0.333 e. The van der Waals surface area contributed by atoms with Gasteiger partial charge in [-0.1, -0.05) is 12.2 Å². The molecule has 3 heteroatoms. The molecule has 1 unspecified atom stereocenters. The number of hydrogen-bond acceptors (Lipinski definition) is 2. The van der Waals surface area contributed by atoms with Gasteiger partial charge < -0.3 is 4.90 Å². The molecule has 1 saturated heterocycles. The van der Waals surface area contributed by atoms with Crippen molar-refractivity contribution in [2.45, 2.75) is 19.3 Å². The number of carbonyl (C=O) groups excluding carboxylic acids is 1. The molecule has 1 fully saturated rings. The number of hydrogen-bond donors (Lipinski definition) is 0. The number of allylic oxidation sites excluding steroid dienone is 2. The van der Waals surface area contributed by atoms with Crippen molar-refractivity contribution in [3.63, 3.8) is 0 Å². The van der Waals surface area contributed by atoms with Crippen molar-refractivity contribution in [1.29, 1.82) is 0 Å². The molecule has 2 nitrogen and oxygen atoms in total. The minimum atomic E-state index is 0.349. The van der Waals surface area contributed by atoms with Gasteiger partial charge in [-0.3, -0.25) is 4.79 Å². The Balaban J connectivity index is 1.79. The van der Waals surface area contributed by atoms with Crippen LogP contribution in [0.3, 0.4) is 0 Å². The molecule has 0 aromatic rings. The summed E-state index contributed by atoms with van der Waals surface area (Å²) in [5, 5.41) is 0. The summed E-state index contributed by atoms with van der Waals surface area (Å²) in [6, 6.07) is 0. The van der Waals surface area contributed by atoms with Crippen LogP contribution in [-0.2, 0) is 4.79 Å². The van der Waals surface area contributed by atoms with E-state index >= 15 is 0 Å². The quantitative estimate of drug-likeness (QED) is 0.630. The maximum Gasteiger partial charge on any atom is 0.223 e. The first kappa shape index (κ1) is 9.13. The van der Waals surface area contributed by atoms with Crippen molar-refractivity contribution in [2.75, 3.05) is 18.2 Å². The summed E-state index contributed by atoms with van der Waals surface area (Å²) in [6.45, 7) is 0.958. The third kappa shape index (κ3) is 2.27. The molecule has 1 aliphatic heterocycles. The van der Waals surface area contributed by atoms with Crippen molar-refractivity contribution >= 4 is 17.7 Å². The van der Waals surface area contributed by atoms with Gasteiger partial charge in [0.1, 0.15) is 0 Å². The summed E-state index contributed by atoms with van der Waals surface area (Å²) in [5.74, 6) is 2.90. The molecule has 2 rings (SSSR count).